The molecule has 0 saturated heterocycles. The largest absolute Gasteiger partial charge is 0.397 e. The lowest BCUT2D eigenvalue weighted by atomic mass is 9.97. The summed E-state index contributed by atoms with van der Waals surface area (Å²) in [5.74, 6) is 0.377. The molecule has 2 heterocycles. The highest BCUT2D eigenvalue weighted by Gasteiger charge is 2.41. The Labute approximate surface area is 162 Å². The van der Waals surface area contributed by atoms with E-state index in [-0.39, 0.29) is 17.5 Å². The average Bonchev–Trinajstić information content (AvgIpc) is 3.47. The van der Waals surface area contributed by atoms with Crippen LogP contribution in [0.3, 0.4) is 0 Å². The number of amides is 1. The second-order valence-electron chi connectivity index (χ2n) is 7.34. The van der Waals surface area contributed by atoms with Crippen LogP contribution >= 0.6 is 0 Å². The van der Waals surface area contributed by atoms with Crippen LogP contribution in [-0.2, 0) is 4.79 Å². The summed E-state index contributed by atoms with van der Waals surface area (Å²) in [6.07, 6.45) is 6.50. The lowest BCUT2D eigenvalue weighted by Gasteiger charge is -2.13. The number of nitrogens with zero attached hydrogens (tertiary/aromatic N) is 2. The average molecular weight is 379 g/mol. The maximum absolute atomic E-state index is 14.9. The molecule has 28 heavy (non-hydrogen) atoms. The first-order valence-corrected chi connectivity index (χ1v) is 9.29. The minimum absolute atomic E-state index is 0.00735. The van der Waals surface area contributed by atoms with Gasteiger partial charge in [0.25, 0.3) is 0 Å². The summed E-state index contributed by atoms with van der Waals surface area (Å²) < 4.78 is 14.9. The van der Waals surface area contributed by atoms with Crippen molar-refractivity contribution in [2.45, 2.75) is 26.7 Å². The molecule has 1 fully saturated rings. The van der Waals surface area contributed by atoms with Crippen molar-refractivity contribution in [3.63, 3.8) is 0 Å². The molecule has 144 valence electrons. The molecule has 3 aromatic rings. The second kappa shape index (κ2) is 6.74. The normalized spacial score (nSPS) is 18.2. The Bertz CT molecular complexity index is 1100. The molecule has 0 radical (unpaired) electrons. The van der Waals surface area contributed by atoms with Crippen LogP contribution in [0.1, 0.15) is 25.3 Å². The molecule has 0 spiro atoms. The number of carbonyl (C=O) groups excluding carboxylic acids is 1. The van der Waals surface area contributed by atoms with Crippen LogP contribution in [0.15, 0.2) is 30.7 Å². The Hall–Kier alpha value is -3.22. The highest BCUT2D eigenvalue weighted by atomic mass is 19.1. The zero-order valence-electron chi connectivity index (χ0n) is 15.8. The van der Waals surface area contributed by atoms with E-state index in [1.807, 2.05) is 6.92 Å². The van der Waals surface area contributed by atoms with Crippen LogP contribution in [0.25, 0.3) is 21.9 Å². The van der Waals surface area contributed by atoms with Gasteiger partial charge in [0.2, 0.25) is 5.91 Å². The number of nitrogens with one attached hydrogen (secondary N) is 1. The molecular formula is C21H22FN5O. The van der Waals surface area contributed by atoms with Crippen molar-refractivity contribution >= 4 is 33.9 Å². The molecule has 7 heteroatoms. The highest BCUT2D eigenvalue weighted by Crippen LogP contribution is 2.42. The van der Waals surface area contributed by atoms with Gasteiger partial charge < -0.3 is 16.8 Å². The number of halogens is 1. The fourth-order valence-electron chi connectivity index (χ4n) is 3.61. The molecule has 2 aromatic heterocycles. The Kier molecular flexibility index (Phi) is 4.37. The van der Waals surface area contributed by atoms with Crippen molar-refractivity contribution in [1.82, 2.24) is 9.97 Å². The van der Waals surface area contributed by atoms with Gasteiger partial charge >= 0.3 is 0 Å². The van der Waals surface area contributed by atoms with Crippen LogP contribution in [0.2, 0.25) is 0 Å². The first-order chi connectivity index (χ1) is 13.4. The van der Waals surface area contributed by atoms with Crippen molar-refractivity contribution in [2.24, 2.45) is 11.8 Å². The minimum Gasteiger partial charge on any atom is -0.397 e. The van der Waals surface area contributed by atoms with Gasteiger partial charge in [-0.1, -0.05) is 13.3 Å². The summed E-state index contributed by atoms with van der Waals surface area (Å²) in [6, 6.07) is 3.40. The van der Waals surface area contributed by atoms with Gasteiger partial charge in [0.1, 0.15) is 5.82 Å². The zero-order valence-corrected chi connectivity index (χ0v) is 15.8. The van der Waals surface area contributed by atoms with Crippen molar-refractivity contribution < 1.29 is 9.18 Å². The minimum atomic E-state index is -0.537. The van der Waals surface area contributed by atoms with Crippen LogP contribution in [0.5, 0.6) is 0 Å². The van der Waals surface area contributed by atoms with E-state index in [4.69, 9.17) is 11.5 Å². The van der Waals surface area contributed by atoms with E-state index in [0.717, 1.165) is 18.4 Å². The van der Waals surface area contributed by atoms with E-state index in [1.54, 1.807) is 18.3 Å². The molecule has 1 aromatic carbocycles. The third-order valence-corrected chi connectivity index (χ3v) is 5.58. The Morgan fingerprint density at radius 2 is 2.04 bits per heavy atom. The summed E-state index contributed by atoms with van der Waals surface area (Å²) in [7, 11) is 0. The molecule has 1 amide bonds. The molecular weight excluding hydrogens is 357 g/mol. The number of hydrogen-bond acceptors (Lipinski definition) is 5. The molecule has 0 bridgehead atoms. The molecule has 1 saturated carbocycles. The van der Waals surface area contributed by atoms with Gasteiger partial charge in [-0.25, -0.2) is 9.37 Å². The maximum Gasteiger partial charge on any atom is 0.228 e. The number of rotatable bonds is 4. The lowest BCUT2D eigenvalue weighted by molar-refractivity contribution is -0.117. The summed E-state index contributed by atoms with van der Waals surface area (Å²) in [6.45, 7) is 3.89. The smallest absolute Gasteiger partial charge is 0.228 e. The topological polar surface area (TPSA) is 107 Å². The Morgan fingerprint density at radius 3 is 2.75 bits per heavy atom. The summed E-state index contributed by atoms with van der Waals surface area (Å²) >= 11 is 0. The number of anilines is 3. The molecule has 0 aliphatic heterocycles. The number of benzene rings is 1. The van der Waals surface area contributed by atoms with Gasteiger partial charge in [0.15, 0.2) is 5.82 Å². The summed E-state index contributed by atoms with van der Waals surface area (Å²) in [5, 5.41) is 4.03. The predicted octanol–water partition coefficient (Wildman–Crippen LogP) is 3.89. The number of pyridine rings is 2. The third kappa shape index (κ3) is 3.02. The van der Waals surface area contributed by atoms with E-state index < -0.39 is 5.82 Å². The van der Waals surface area contributed by atoms with Gasteiger partial charge in [-0.05, 0) is 42.3 Å². The quantitative estimate of drug-likeness (QED) is 0.596. The first kappa shape index (κ1) is 18.2. The zero-order chi connectivity index (χ0) is 20.0. The Balaban J connectivity index is 1.75. The molecule has 2 atom stereocenters. The number of fused-ring (bicyclic) bond motifs is 1. The van der Waals surface area contributed by atoms with Crippen molar-refractivity contribution in [1.29, 1.82) is 0 Å². The fourth-order valence-corrected chi connectivity index (χ4v) is 3.61. The number of nitrogen functional groups attached to an aromatic ring is 2. The van der Waals surface area contributed by atoms with Crippen LogP contribution in [0.4, 0.5) is 21.6 Å². The van der Waals surface area contributed by atoms with Crippen molar-refractivity contribution in [3.05, 3.63) is 42.1 Å². The van der Waals surface area contributed by atoms with Crippen LogP contribution < -0.4 is 16.8 Å². The van der Waals surface area contributed by atoms with Crippen molar-refractivity contribution in [3.8, 4) is 11.1 Å². The van der Waals surface area contributed by atoms with E-state index in [0.29, 0.717) is 39.3 Å². The SMILES string of the molecule is CCC1CC1C(=O)Nc1cc2cc(-c3cncc(N)c3C)c(F)c(N)c2cn1. The number of aromatic nitrogens is 2. The monoisotopic (exact) mass is 379 g/mol. The number of hydrogen-bond donors (Lipinski definition) is 3. The van der Waals surface area contributed by atoms with Gasteiger partial charge in [0, 0.05) is 34.8 Å². The van der Waals surface area contributed by atoms with Gasteiger partial charge in [0.05, 0.1) is 17.6 Å². The predicted molar refractivity (Wildman–Crippen MR) is 109 cm³/mol. The van der Waals surface area contributed by atoms with Crippen molar-refractivity contribution in [2.75, 3.05) is 16.8 Å². The molecule has 6 nitrogen and oxygen atoms in total. The van der Waals surface area contributed by atoms with Crippen LogP contribution in [-0.4, -0.2) is 15.9 Å². The van der Waals surface area contributed by atoms with Gasteiger partial charge in [-0.3, -0.25) is 9.78 Å². The van der Waals surface area contributed by atoms with E-state index in [1.165, 1.54) is 12.4 Å². The molecule has 5 N–H and O–H groups in total. The molecule has 2 unspecified atom stereocenters. The van der Waals surface area contributed by atoms with Crippen LogP contribution in [0, 0.1) is 24.6 Å². The standard InChI is InChI=1S/C21H22FN5O/c1-3-11-4-13(11)21(28)27-18-6-12-5-14(15-7-25-9-17(23)10(15)2)19(22)20(24)16(12)8-26-18/h5-9,11,13H,3-4,23-24H2,1-2H3,(H,26,27,28). The number of nitrogens with two attached hydrogens (primary N) is 2. The summed E-state index contributed by atoms with van der Waals surface area (Å²) in [4.78, 5) is 20.6. The lowest BCUT2D eigenvalue weighted by Crippen LogP contribution is -2.15. The van der Waals surface area contributed by atoms with E-state index >= 15 is 0 Å². The molecule has 1 aliphatic rings. The van der Waals surface area contributed by atoms with Gasteiger partial charge in [-0.2, -0.15) is 0 Å². The maximum atomic E-state index is 14.9. The number of carbonyl (C=O) groups is 1. The molecule has 1 aliphatic carbocycles. The fraction of sp³-hybridized carbons (Fsp3) is 0.286. The molecule has 4 rings (SSSR count). The Morgan fingerprint density at radius 1 is 1.25 bits per heavy atom. The first-order valence-electron chi connectivity index (χ1n) is 9.29. The second-order valence-corrected chi connectivity index (χ2v) is 7.34. The highest BCUT2D eigenvalue weighted by molar-refractivity contribution is 6.00. The summed E-state index contributed by atoms with van der Waals surface area (Å²) in [5.41, 5.74) is 14.1. The van der Waals surface area contributed by atoms with E-state index in [2.05, 4.69) is 22.2 Å². The van der Waals surface area contributed by atoms with E-state index in [9.17, 15) is 9.18 Å². The third-order valence-electron chi connectivity index (χ3n) is 5.58. The van der Waals surface area contributed by atoms with Gasteiger partial charge in [-0.15, -0.1) is 0 Å².